The minimum atomic E-state index is -1.34. The highest BCUT2D eigenvalue weighted by atomic mass is 16.6. The first-order valence-electron chi connectivity index (χ1n) is 15.0. The van der Waals surface area contributed by atoms with Crippen LogP contribution in [0.15, 0.2) is 11.1 Å². The standard InChI is InChI=1S/C31H50N2O6/c1-19-10-11-31(37)20(2)26-29(5)18-38-21(29)17-22(30(26,6)27(36)25(35)24(19)28(31,3)4)39-23(34)9-8-12-33-15-13-32(7)14-16-33/h20-22,25-26,35,37H,8-18H2,1-7H3/t20-,21?,22-,25+,26?,29+,30+,31+/m0/s1. The van der Waals surface area contributed by atoms with Gasteiger partial charge in [0.25, 0.3) is 0 Å². The first-order chi connectivity index (χ1) is 18.2. The Bertz CT molecular complexity index is 1030. The fourth-order valence-electron chi connectivity index (χ4n) is 9.39. The Hall–Kier alpha value is -1.32. The molecule has 8 atom stereocenters. The van der Waals surface area contributed by atoms with Gasteiger partial charge in [-0.05, 0) is 64.1 Å². The van der Waals surface area contributed by atoms with E-state index in [-0.39, 0.29) is 35.1 Å². The molecule has 2 N–H and O–H groups in total. The van der Waals surface area contributed by atoms with E-state index >= 15 is 0 Å². The van der Waals surface area contributed by atoms with E-state index in [9.17, 15) is 19.8 Å². The van der Waals surface area contributed by atoms with Gasteiger partial charge >= 0.3 is 5.97 Å². The highest BCUT2D eigenvalue weighted by Crippen LogP contribution is 2.67. The van der Waals surface area contributed by atoms with Crippen molar-refractivity contribution in [2.24, 2.45) is 28.1 Å². The third kappa shape index (κ3) is 4.27. The summed E-state index contributed by atoms with van der Waals surface area (Å²) >= 11 is 0. The van der Waals surface area contributed by atoms with E-state index in [1.807, 2.05) is 27.7 Å². The average molecular weight is 547 g/mol. The number of ether oxygens (including phenoxy) is 2. The summed E-state index contributed by atoms with van der Waals surface area (Å²) in [6, 6.07) is 0. The second-order valence-electron chi connectivity index (χ2n) is 14.3. The molecule has 39 heavy (non-hydrogen) atoms. The first kappa shape index (κ1) is 29.2. The van der Waals surface area contributed by atoms with Gasteiger partial charge in [0.05, 0.1) is 23.7 Å². The largest absolute Gasteiger partial charge is 0.461 e. The summed E-state index contributed by atoms with van der Waals surface area (Å²) in [6.07, 6.45) is 0.439. The van der Waals surface area contributed by atoms with Gasteiger partial charge in [-0.2, -0.15) is 0 Å². The lowest BCUT2D eigenvalue weighted by Gasteiger charge is -2.68. The summed E-state index contributed by atoms with van der Waals surface area (Å²) in [5.41, 5.74) is -1.77. The van der Waals surface area contributed by atoms with Crippen LogP contribution in [0.5, 0.6) is 0 Å². The van der Waals surface area contributed by atoms with E-state index in [4.69, 9.17) is 9.47 Å². The summed E-state index contributed by atoms with van der Waals surface area (Å²) in [6.45, 7) is 17.4. The van der Waals surface area contributed by atoms with Gasteiger partial charge in [0.1, 0.15) is 12.2 Å². The summed E-state index contributed by atoms with van der Waals surface area (Å²) in [5, 5.41) is 24.1. The highest BCUT2D eigenvalue weighted by molar-refractivity contribution is 5.93. The molecule has 8 heteroatoms. The predicted molar refractivity (Wildman–Crippen MR) is 148 cm³/mol. The third-order valence-electron chi connectivity index (χ3n) is 11.9. The molecule has 2 heterocycles. The highest BCUT2D eigenvalue weighted by Gasteiger charge is 2.73. The minimum Gasteiger partial charge on any atom is -0.461 e. The second kappa shape index (κ2) is 9.90. The van der Waals surface area contributed by atoms with Crippen LogP contribution >= 0.6 is 0 Å². The van der Waals surface area contributed by atoms with E-state index in [0.29, 0.717) is 44.3 Å². The van der Waals surface area contributed by atoms with Crippen molar-refractivity contribution in [3.8, 4) is 0 Å². The van der Waals surface area contributed by atoms with Crippen LogP contribution in [0.25, 0.3) is 0 Å². The fraction of sp³-hybridized carbons (Fsp3) is 0.871. The topological polar surface area (TPSA) is 99.5 Å². The van der Waals surface area contributed by atoms with Gasteiger partial charge in [0.15, 0.2) is 5.78 Å². The molecule has 0 aromatic carbocycles. The maximum atomic E-state index is 14.5. The SMILES string of the molecule is CC1=C2[C@@H](O)C(=O)[C@@]3(C)C([C@H](C)[C@](O)(CC1)C2(C)C)[C@]1(C)COC1C[C@@H]3OC(=O)CCCN1CCN(C)CC1. The molecule has 4 fully saturated rings. The zero-order valence-electron chi connectivity index (χ0n) is 25.1. The normalized spacial score (nSPS) is 44.5. The van der Waals surface area contributed by atoms with E-state index < -0.39 is 28.6 Å². The van der Waals surface area contributed by atoms with Crippen LogP contribution < -0.4 is 0 Å². The molecular weight excluding hydrogens is 496 g/mol. The van der Waals surface area contributed by atoms with Crippen LogP contribution in [0, 0.1) is 28.1 Å². The van der Waals surface area contributed by atoms with E-state index in [0.717, 1.165) is 38.3 Å². The van der Waals surface area contributed by atoms with Crippen molar-refractivity contribution < 1.29 is 29.3 Å². The molecule has 2 aliphatic heterocycles. The average Bonchev–Trinajstić information content (AvgIpc) is 2.87. The van der Waals surface area contributed by atoms with Gasteiger partial charge in [-0.1, -0.05) is 33.3 Å². The Morgan fingerprint density at radius 2 is 1.82 bits per heavy atom. The smallest absolute Gasteiger partial charge is 0.306 e. The number of fused-ring (bicyclic) bond motifs is 5. The maximum absolute atomic E-state index is 14.5. The van der Waals surface area contributed by atoms with Crippen molar-refractivity contribution >= 4 is 11.8 Å². The molecule has 0 spiro atoms. The zero-order chi connectivity index (χ0) is 28.5. The lowest BCUT2D eigenvalue weighted by molar-refractivity contribution is -0.302. The zero-order valence-corrected chi connectivity index (χ0v) is 25.1. The van der Waals surface area contributed by atoms with Crippen molar-refractivity contribution in [3.63, 3.8) is 0 Å². The summed E-state index contributed by atoms with van der Waals surface area (Å²) < 4.78 is 12.2. The number of esters is 1. The number of aliphatic hydroxyl groups excluding tert-OH is 1. The van der Waals surface area contributed by atoms with Crippen LogP contribution in [0.2, 0.25) is 0 Å². The van der Waals surface area contributed by atoms with E-state index in [1.165, 1.54) is 0 Å². The molecule has 8 nitrogen and oxygen atoms in total. The predicted octanol–water partition coefficient (Wildman–Crippen LogP) is 2.80. The Morgan fingerprint density at radius 1 is 1.15 bits per heavy atom. The van der Waals surface area contributed by atoms with Gasteiger partial charge < -0.3 is 29.5 Å². The number of hydrogen-bond donors (Lipinski definition) is 2. The van der Waals surface area contributed by atoms with Crippen molar-refractivity contribution in [1.29, 1.82) is 0 Å². The molecule has 220 valence electrons. The number of carbonyl (C=O) groups is 2. The summed E-state index contributed by atoms with van der Waals surface area (Å²) in [7, 11) is 2.13. The van der Waals surface area contributed by atoms with Gasteiger partial charge in [0, 0.05) is 49.9 Å². The molecule has 0 amide bonds. The lowest BCUT2D eigenvalue weighted by atomic mass is 9.41. The summed E-state index contributed by atoms with van der Waals surface area (Å²) in [5.74, 6) is -1.17. The molecule has 5 rings (SSSR count). The van der Waals surface area contributed by atoms with Gasteiger partial charge in [0.2, 0.25) is 0 Å². The number of ketones is 1. The van der Waals surface area contributed by atoms with Crippen LogP contribution in [0.4, 0.5) is 0 Å². The number of Topliss-reactive ketones (excluding diaryl/α,β-unsaturated/α-hetero) is 1. The molecule has 2 saturated heterocycles. The Kier molecular flexibility index (Phi) is 7.41. The molecule has 5 aliphatic rings. The molecule has 0 aromatic heterocycles. The van der Waals surface area contributed by atoms with Crippen molar-refractivity contribution in [1.82, 2.24) is 9.80 Å². The quantitative estimate of drug-likeness (QED) is 0.401. The van der Waals surface area contributed by atoms with Crippen LogP contribution in [0.1, 0.15) is 73.6 Å². The van der Waals surface area contributed by atoms with Crippen LogP contribution in [-0.2, 0) is 19.1 Å². The Labute approximate surface area is 234 Å². The van der Waals surface area contributed by atoms with Gasteiger partial charge in [-0.3, -0.25) is 9.59 Å². The van der Waals surface area contributed by atoms with Gasteiger partial charge in [-0.25, -0.2) is 0 Å². The van der Waals surface area contributed by atoms with E-state index in [2.05, 4.69) is 30.7 Å². The molecule has 2 unspecified atom stereocenters. The number of piperazine rings is 1. The number of allylic oxidation sites excluding steroid dienone is 1. The monoisotopic (exact) mass is 546 g/mol. The maximum Gasteiger partial charge on any atom is 0.306 e. The number of carbonyl (C=O) groups excluding carboxylic acids is 2. The van der Waals surface area contributed by atoms with Crippen molar-refractivity contribution in [2.75, 3.05) is 46.4 Å². The number of aliphatic hydroxyl groups is 2. The van der Waals surface area contributed by atoms with Crippen molar-refractivity contribution in [3.05, 3.63) is 11.1 Å². The molecule has 0 aromatic rings. The second-order valence-corrected chi connectivity index (χ2v) is 14.3. The molecule has 2 saturated carbocycles. The van der Waals surface area contributed by atoms with Crippen LogP contribution in [0.3, 0.4) is 0 Å². The third-order valence-corrected chi connectivity index (χ3v) is 11.9. The molecular formula is C31H50N2O6. The summed E-state index contributed by atoms with van der Waals surface area (Å²) in [4.78, 5) is 32.4. The van der Waals surface area contributed by atoms with Crippen molar-refractivity contribution in [2.45, 2.75) is 97.6 Å². The Morgan fingerprint density at radius 3 is 2.44 bits per heavy atom. The minimum absolute atomic E-state index is 0.155. The molecule has 0 radical (unpaired) electrons. The Balaban J connectivity index is 1.44. The molecule has 3 aliphatic carbocycles. The van der Waals surface area contributed by atoms with Gasteiger partial charge in [-0.15, -0.1) is 0 Å². The van der Waals surface area contributed by atoms with E-state index in [1.54, 1.807) is 0 Å². The fourth-order valence-corrected chi connectivity index (χ4v) is 9.39. The number of hydrogen-bond acceptors (Lipinski definition) is 8. The number of nitrogens with zero attached hydrogens (tertiary/aromatic N) is 2. The lowest BCUT2D eigenvalue weighted by Crippen LogP contribution is -2.75. The van der Waals surface area contributed by atoms with Crippen LogP contribution in [-0.4, -0.2) is 102 Å². The number of likely N-dealkylation sites (N-methyl/N-ethyl adjacent to an activating group) is 1. The molecule has 2 bridgehead atoms. The first-order valence-corrected chi connectivity index (χ1v) is 15.0. The number of rotatable bonds is 5.